The molecule has 2 N–H and O–H groups in total. The zero-order valence-electron chi connectivity index (χ0n) is 19.2. The summed E-state index contributed by atoms with van der Waals surface area (Å²) in [5.74, 6) is 3.64. The fourth-order valence-electron chi connectivity index (χ4n) is 5.46. The number of hydrogen-bond acceptors (Lipinski definition) is 4. The molecular formula is C22H42IN5OS. The fourth-order valence-corrected chi connectivity index (χ4v) is 6.36. The summed E-state index contributed by atoms with van der Waals surface area (Å²) in [6.07, 6.45) is 9.42. The Hall–Kier alpha value is -0.220. The molecule has 1 amide bonds. The molecule has 3 rings (SSSR count). The van der Waals surface area contributed by atoms with Gasteiger partial charge in [0.25, 0.3) is 0 Å². The molecule has 6 nitrogen and oxygen atoms in total. The molecule has 0 aromatic rings. The first-order valence-corrected chi connectivity index (χ1v) is 12.7. The molecular weight excluding hydrogens is 509 g/mol. The maximum absolute atomic E-state index is 12.9. The Labute approximate surface area is 204 Å². The molecule has 0 unspecified atom stereocenters. The summed E-state index contributed by atoms with van der Waals surface area (Å²) in [6, 6.07) is 0. The van der Waals surface area contributed by atoms with Gasteiger partial charge in [-0.15, -0.1) is 24.0 Å². The second-order valence-corrected chi connectivity index (χ2v) is 10.5. The number of rotatable bonds is 7. The zero-order valence-corrected chi connectivity index (χ0v) is 22.3. The van der Waals surface area contributed by atoms with Crippen LogP contribution in [-0.4, -0.2) is 85.5 Å². The second-order valence-electron chi connectivity index (χ2n) is 9.27. The minimum atomic E-state index is -0.269. The van der Waals surface area contributed by atoms with Crippen LogP contribution in [0.5, 0.6) is 0 Å². The van der Waals surface area contributed by atoms with E-state index in [9.17, 15) is 4.79 Å². The molecule has 174 valence electrons. The molecule has 0 bridgehead atoms. The molecule has 1 heterocycles. The van der Waals surface area contributed by atoms with Gasteiger partial charge in [0.2, 0.25) is 5.91 Å². The van der Waals surface area contributed by atoms with Crippen LogP contribution in [0.4, 0.5) is 0 Å². The molecule has 0 spiro atoms. The number of aliphatic imine (C=N–C) groups is 1. The summed E-state index contributed by atoms with van der Waals surface area (Å²) < 4.78 is 0. The number of nitrogens with one attached hydrogen (secondary N) is 2. The van der Waals surface area contributed by atoms with Gasteiger partial charge in [-0.3, -0.25) is 14.7 Å². The largest absolute Gasteiger partial charge is 0.357 e. The standard InChI is InChI=1S/C22H41N5OS.HI/c1-4-23-20(24-17-21(9-5-6-10-21)19(28)26(2)3)25-18-22(11-7-8-12-22)27-13-15-29-16-14-27;/h4-18H2,1-3H3,(H2,23,24,25);1H. The topological polar surface area (TPSA) is 60.0 Å². The summed E-state index contributed by atoms with van der Waals surface area (Å²) in [4.78, 5) is 22.4. The zero-order chi connectivity index (χ0) is 20.7. The van der Waals surface area contributed by atoms with Crippen molar-refractivity contribution in [3.63, 3.8) is 0 Å². The van der Waals surface area contributed by atoms with E-state index in [0.717, 1.165) is 44.7 Å². The number of guanidine groups is 1. The molecule has 2 saturated carbocycles. The van der Waals surface area contributed by atoms with Gasteiger partial charge in [0.15, 0.2) is 5.96 Å². The van der Waals surface area contributed by atoms with E-state index in [4.69, 9.17) is 4.99 Å². The van der Waals surface area contributed by atoms with Crippen molar-refractivity contribution in [1.29, 1.82) is 0 Å². The molecule has 30 heavy (non-hydrogen) atoms. The lowest BCUT2D eigenvalue weighted by molar-refractivity contribution is -0.138. The number of carbonyl (C=O) groups excluding carboxylic acids is 1. The van der Waals surface area contributed by atoms with E-state index in [1.165, 1.54) is 50.3 Å². The van der Waals surface area contributed by atoms with Crippen LogP contribution in [0.1, 0.15) is 58.3 Å². The smallest absolute Gasteiger partial charge is 0.230 e. The first kappa shape index (κ1) is 26.0. The Morgan fingerprint density at radius 1 is 1.03 bits per heavy atom. The van der Waals surface area contributed by atoms with Crippen molar-refractivity contribution in [1.82, 2.24) is 20.4 Å². The maximum atomic E-state index is 12.9. The third kappa shape index (κ3) is 6.18. The average Bonchev–Trinajstić information content (AvgIpc) is 3.41. The summed E-state index contributed by atoms with van der Waals surface area (Å²) >= 11 is 2.08. The van der Waals surface area contributed by atoms with Gasteiger partial charge in [0, 0.05) is 57.3 Å². The average molecular weight is 552 g/mol. The van der Waals surface area contributed by atoms with Crippen molar-refractivity contribution >= 4 is 47.6 Å². The van der Waals surface area contributed by atoms with Gasteiger partial charge in [0.1, 0.15) is 0 Å². The van der Waals surface area contributed by atoms with E-state index >= 15 is 0 Å². The monoisotopic (exact) mass is 551 g/mol. The van der Waals surface area contributed by atoms with Crippen LogP contribution in [0, 0.1) is 5.41 Å². The van der Waals surface area contributed by atoms with E-state index in [2.05, 4.69) is 34.2 Å². The SMILES string of the molecule is CCNC(=NCC1(N2CCSCC2)CCCC1)NCC1(C(=O)N(C)C)CCCC1.I. The lowest BCUT2D eigenvalue weighted by atomic mass is 9.84. The van der Waals surface area contributed by atoms with Crippen molar-refractivity contribution in [2.75, 3.05) is 58.3 Å². The van der Waals surface area contributed by atoms with E-state index < -0.39 is 0 Å². The number of nitrogens with zero attached hydrogens (tertiary/aromatic N) is 3. The van der Waals surface area contributed by atoms with Gasteiger partial charge in [0.05, 0.1) is 12.0 Å². The Balaban J connectivity index is 0.00000320. The van der Waals surface area contributed by atoms with E-state index in [0.29, 0.717) is 6.54 Å². The van der Waals surface area contributed by atoms with Crippen LogP contribution in [0.25, 0.3) is 0 Å². The lowest BCUT2D eigenvalue weighted by Crippen LogP contribution is -2.53. The molecule has 2 aliphatic carbocycles. The van der Waals surface area contributed by atoms with E-state index in [1.54, 1.807) is 4.90 Å². The third-order valence-corrected chi connectivity index (χ3v) is 8.05. The van der Waals surface area contributed by atoms with Gasteiger partial charge >= 0.3 is 0 Å². The van der Waals surface area contributed by atoms with E-state index in [1.807, 2.05) is 14.1 Å². The van der Waals surface area contributed by atoms with Crippen LogP contribution in [0.3, 0.4) is 0 Å². The second kappa shape index (κ2) is 12.1. The van der Waals surface area contributed by atoms with Gasteiger partial charge in [-0.2, -0.15) is 11.8 Å². The van der Waals surface area contributed by atoms with Crippen LogP contribution < -0.4 is 10.6 Å². The van der Waals surface area contributed by atoms with Crippen molar-refractivity contribution in [2.24, 2.45) is 10.4 Å². The number of hydrogen-bond donors (Lipinski definition) is 2. The summed E-state index contributed by atoms with van der Waals surface area (Å²) in [7, 11) is 3.75. The third-order valence-electron chi connectivity index (χ3n) is 7.11. The number of amides is 1. The molecule has 0 aromatic carbocycles. The Morgan fingerprint density at radius 2 is 1.63 bits per heavy atom. The first-order chi connectivity index (χ1) is 14.0. The Kier molecular flexibility index (Phi) is 10.5. The highest BCUT2D eigenvalue weighted by Gasteiger charge is 2.42. The van der Waals surface area contributed by atoms with Crippen LogP contribution >= 0.6 is 35.7 Å². The Bertz CT molecular complexity index is 568. The molecule has 0 radical (unpaired) electrons. The minimum absolute atomic E-state index is 0. The molecule has 1 saturated heterocycles. The van der Waals surface area contributed by atoms with Gasteiger partial charge in [-0.25, -0.2) is 0 Å². The molecule has 8 heteroatoms. The van der Waals surface area contributed by atoms with Gasteiger partial charge < -0.3 is 15.5 Å². The maximum Gasteiger partial charge on any atom is 0.230 e. The quantitative estimate of drug-likeness (QED) is 0.289. The van der Waals surface area contributed by atoms with Gasteiger partial charge in [-0.1, -0.05) is 25.7 Å². The highest BCUT2D eigenvalue weighted by Crippen LogP contribution is 2.39. The summed E-state index contributed by atoms with van der Waals surface area (Å²) in [6.45, 7) is 6.90. The van der Waals surface area contributed by atoms with Gasteiger partial charge in [-0.05, 0) is 32.6 Å². The van der Waals surface area contributed by atoms with Crippen LogP contribution in [0.2, 0.25) is 0 Å². The summed E-state index contributed by atoms with van der Waals surface area (Å²) in [5, 5.41) is 6.98. The predicted octanol–water partition coefficient (Wildman–Crippen LogP) is 3.17. The Morgan fingerprint density at radius 3 is 2.20 bits per heavy atom. The normalized spacial score (nSPS) is 23.6. The van der Waals surface area contributed by atoms with Crippen LogP contribution in [-0.2, 0) is 4.79 Å². The molecule has 3 aliphatic rings. The molecule has 0 aromatic heterocycles. The van der Waals surface area contributed by atoms with Crippen molar-refractivity contribution < 1.29 is 4.79 Å². The number of carbonyl (C=O) groups is 1. The van der Waals surface area contributed by atoms with Crippen molar-refractivity contribution in [3.05, 3.63) is 0 Å². The lowest BCUT2D eigenvalue weighted by Gasteiger charge is -2.42. The first-order valence-electron chi connectivity index (χ1n) is 11.6. The van der Waals surface area contributed by atoms with Crippen LogP contribution in [0.15, 0.2) is 4.99 Å². The predicted molar refractivity (Wildman–Crippen MR) is 139 cm³/mol. The number of thioether (sulfide) groups is 1. The minimum Gasteiger partial charge on any atom is -0.357 e. The highest BCUT2D eigenvalue weighted by molar-refractivity contribution is 14.0. The number of halogens is 1. The molecule has 1 aliphatic heterocycles. The van der Waals surface area contributed by atoms with E-state index in [-0.39, 0.29) is 40.8 Å². The molecule has 0 atom stereocenters. The summed E-state index contributed by atoms with van der Waals surface area (Å²) in [5.41, 5.74) is -0.0251. The van der Waals surface area contributed by atoms with Crippen molar-refractivity contribution in [3.8, 4) is 0 Å². The van der Waals surface area contributed by atoms with Crippen molar-refractivity contribution in [2.45, 2.75) is 63.8 Å². The highest BCUT2D eigenvalue weighted by atomic mass is 127. The fraction of sp³-hybridized carbons (Fsp3) is 0.909. The molecule has 3 fully saturated rings.